The summed E-state index contributed by atoms with van der Waals surface area (Å²) in [6.07, 6.45) is 1.19. The highest BCUT2D eigenvalue weighted by atomic mass is 32.2. The molecule has 106 valence electrons. The van der Waals surface area contributed by atoms with Gasteiger partial charge >= 0.3 is 0 Å². The summed E-state index contributed by atoms with van der Waals surface area (Å²) >= 11 is 1.10. The number of carbonyl (C=O) groups is 1. The molecule has 0 fully saturated rings. The van der Waals surface area contributed by atoms with E-state index in [-0.39, 0.29) is 5.91 Å². The second-order valence-electron chi connectivity index (χ2n) is 4.75. The van der Waals surface area contributed by atoms with E-state index in [0.717, 1.165) is 34.3 Å². The number of hydrogen-bond donors (Lipinski definition) is 1. The summed E-state index contributed by atoms with van der Waals surface area (Å²) in [5, 5.41) is 13.5. The van der Waals surface area contributed by atoms with Gasteiger partial charge in [0.15, 0.2) is 0 Å². The molecule has 0 aromatic heterocycles. The number of rotatable bonds is 5. The number of amides is 1. The summed E-state index contributed by atoms with van der Waals surface area (Å²) in [6.45, 7) is 2.05. The Hall–Kier alpha value is -2.25. The Morgan fingerprint density at radius 1 is 1.14 bits per heavy atom. The van der Waals surface area contributed by atoms with Gasteiger partial charge in [-0.1, -0.05) is 29.8 Å². The second-order valence-corrected chi connectivity index (χ2v) is 5.61. The zero-order valence-electron chi connectivity index (χ0n) is 11.8. The number of nitrogens with zero attached hydrogens (tertiary/aromatic N) is 1. The van der Waals surface area contributed by atoms with E-state index < -0.39 is 0 Å². The van der Waals surface area contributed by atoms with Crippen LogP contribution in [0, 0.1) is 17.6 Å². The lowest BCUT2D eigenvalue weighted by molar-refractivity contribution is -0.116. The van der Waals surface area contributed by atoms with Crippen molar-refractivity contribution in [2.24, 2.45) is 0 Å². The summed E-state index contributed by atoms with van der Waals surface area (Å²) < 4.78 is 0. The number of benzene rings is 2. The minimum absolute atomic E-state index is 0.00346. The van der Waals surface area contributed by atoms with Crippen LogP contribution in [0.25, 0.3) is 0 Å². The fourth-order valence-corrected chi connectivity index (χ4v) is 2.27. The molecular formula is C17H16N2OS. The quantitative estimate of drug-likeness (QED) is 0.666. The first-order valence-electron chi connectivity index (χ1n) is 6.69. The maximum atomic E-state index is 11.9. The van der Waals surface area contributed by atoms with E-state index in [1.807, 2.05) is 36.6 Å². The van der Waals surface area contributed by atoms with Crippen LogP contribution in [0.2, 0.25) is 0 Å². The van der Waals surface area contributed by atoms with Crippen molar-refractivity contribution >= 4 is 23.4 Å². The molecule has 0 aliphatic rings. The summed E-state index contributed by atoms with van der Waals surface area (Å²) in [5.74, 6) is -0.00346. The minimum atomic E-state index is -0.00346. The van der Waals surface area contributed by atoms with Gasteiger partial charge in [0, 0.05) is 17.0 Å². The fraction of sp³-hybridized carbons (Fsp3) is 0.176. The Morgan fingerprint density at radius 2 is 1.81 bits per heavy atom. The third-order valence-electron chi connectivity index (χ3n) is 3.06. The van der Waals surface area contributed by atoms with Crippen LogP contribution in [0.15, 0.2) is 53.4 Å². The van der Waals surface area contributed by atoms with E-state index in [1.165, 1.54) is 5.56 Å². The van der Waals surface area contributed by atoms with Crippen LogP contribution < -0.4 is 5.32 Å². The van der Waals surface area contributed by atoms with Crippen molar-refractivity contribution in [3.63, 3.8) is 0 Å². The lowest BCUT2D eigenvalue weighted by Gasteiger charge is -2.06. The highest BCUT2D eigenvalue weighted by Gasteiger charge is 2.03. The average molecular weight is 296 g/mol. The van der Waals surface area contributed by atoms with Crippen LogP contribution in [-0.2, 0) is 11.2 Å². The number of hydrogen-bond acceptors (Lipinski definition) is 3. The summed E-state index contributed by atoms with van der Waals surface area (Å²) in [5.41, 5.74) is 3.14. The smallest absolute Gasteiger partial charge is 0.224 e. The molecule has 0 saturated carbocycles. The van der Waals surface area contributed by atoms with Crippen LogP contribution in [0.1, 0.15) is 17.5 Å². The highest BCUT2D eigenvalue weighted by molar-refractivity contribution is 8.03. The predicted octanol–water partition coefficient (Wildman–Crippen LogP) is 4.14. The first-order valence-corrected chi connectivity index (χ1v) is 7.50. The number of carbonyl (C=O) groups excluding carboxylic acids is 1. The Balaban J connectivity index is 1.84. The van der Waals surface area contributed by atoms with Crippen LogP contribution in [0.3, 0.4) is 0 Å². The number of aryl methyl sites for hydroxylation is 2. The second kappa shape index (κ2) is 7.51. The fourth-order valence-electron chi connectivity index (χ4n) is 1.90. The Morgan fingerprint density at radius 3 is 2.43 bits per heavy atom. The lowest BCUT2D eigenvalue weighted by Crippen LogP contribution is -2.12. The Bertz CT molecular complexity index is 642. The largest absolute Gasteiger partial charge is 0.326 e. The normalized spacial score (nSPS) is 9.90. The van der Waals surface area contributed by atoms with E-state index in [4.69, 9.17) is 5.26 Å². The van der Waals surface area contributed by atoms with Crippen molar-refractivity contribution < 1.29 is 4.79 Å². The van der Waals surface area contributed by atoms with E-state index in [1.54, 1.807) is 0 Å². The minimum Gasteiger partial charge on any atom is -0.326 e. The molecule has 0 heterocycles. The van der Waals surface area contributed by atoms with E-state index >= 15 is 0 Å². The molecule has 0 aliphatic carbocycles. The SMILES string of the molecule is Cc1ccc(CCC(=O)Nc2ccc(SC#N)cc2)cc1. The molecule has 3 nitrogen and oxygen atoms in total. The van der Waals surface area contributed by atoms with Gasteiger partial charge in [-0.3, -0.25) is 4.79 Å². The Labute approximate surface area is 129 Å². The molecule has 1 amide bonds. The zero-order chi connectivity index (χ0) is 15.1. The van der Waals surface area contributed by atoms with Crippen molar-refractivity contribution in [3.8, 4) is 5.40 Å². The maximum Gasteiger partial charge on any atom is 0.224 e. The summed E-state index contributed by atoms with van der Waals surface area (Å²) in [6, 6.07) is 15.5. The third-order valence-corrected chi connectivity index (χ3v) is 3.66. The first-order chi connectivity index (χ1) is 10.2. The predicted molar refractivity (Wildman–Crippen MR) is 86.0 cm³/mol. The molecule has 0 aliphatic heterocycles. The molecule has 2 aromatic rings. The van der Waals surface area contributed by atoms with Gasteiger partial charge in [-0.15, -0.1) is 0 Å². The molecule has 0 bridgehead atoms. The van der Waals surface area contributed by atoms with Crippen LogP contribution >= 0.6 is 11.8 Å². The van der Waals surface area contributed by atoms with Gasteiger partial charge in [-0.2, -0.15) is 5.26 Å². The molecule has 21 heavy (non-hydrogen) atoms. The van der Waals surface area contributed by atoms with Gasteiger partial charge < -0.3 is 5.32 Å². The van der Waals surface area contributed by atoms with Crippen LogP contribution in [-0.4, -0.2) is 5.91 Å². The Kier molecular flexibility index (Phi) is 5.42. The van der Waals surface area contributed by atoms with Gasteiger partial charge in [0.25, 0.3) is 0 Å². The van der Waals surface area contributed by atoms with E-state index in [9.17, 15) is 4.79 Å². The van der Waals surface area contributed by atoms with Crippen molar-refractivity contribution in [1.82, 2.24) is 0 Å². The molecule has 1 N–H and O–H groups in total. The lowest BCUT2D eigenvalue weighted by atomic mass is 10.1. The standard InChI is InChI=1S/C17H16N2OS/c1-13-2-4-14(5-3-13)6-11-17(20)19-15-7-9-16(10-8-15)21-12-18/h2-5,7-10H,6,11H2,1H3,(H,19,20). The molecule has 0 radical (unpaired) electrons. The molecule has 2 rings (SSSR count). The van der Waals surface area contributed by atoms with Gasteiger partial charge in [0.2, 0.25) is 5.91 Å². The highest BCUT2D eigenvalue weighted by Crippen LogP contribution is 2.19. The molecule has 2 aromatic carbocycles. The van der Waals surface area contributed by atoms with E-state index in [2.05, 4.69) is 29.6 Å². The van der Waals surface area contributed by atoms with Crippen molar-refractivity contribution in [2.45, 2.75) is 24.7 Å². The molecule has 4 heteroatoms. The monoisotopic (exact) mass is 296 g/mol. The molecule has 0 spiro atoms. The number of thioether (sulfide) groups is 1. The zero-order valence-corrected chi connectivity index (χ0v) is 12.6. The third kappa shape index (κ3) is 4.97. The van der Waals surface area contributed by atoms with E-state index in [0.29, 0.717) is 6.42 Å². The number of nitrogens with one attached hydrogen (secondary N) is 1. The summed E-state index contributed by atoms with van der Waals surface area (Å²) in [7, 11) is 0. The first kappa shape index (κ1) is 15.1. The molecule has 0 saturated heterocycles. The van der Waals surface area contributed by atoms with Crippen LogP contribution in [0.5, 0.6) is 0 Å². The molecule has 0 unspecified atom stereocenters. The topological polar surface area (TPSA) is 52.9 Å². The number of nitriles is 1. The molecular weight excluding hydrogens is 280 g/mol. The van der Waals surface area contributed by atoms with Gasteiger partial charge in [-0.05, 0) is 54.9 Å². The van der Waals surface area contributed by atoms with Crippen molar-refractivity contribution in [2.75, 3.05) is 5.32 Å². The molecule has 0 atom stereocenters. The maximum absolute atomic E-state index is 11.9. The summed E-state index contributed by atoms with van der Waals surface area (Å²) in [4.78, 5) is 12.8. The van der Waals surface area contributed by atoms with Crippen molar-refractivity contribution in [1.29, 1.82) is 5.26 Å². The number of anilines is 1. The van der Waals surface area contributed by atoms with Crippen molar-refractivity contribution in [3.05, 3.63) is 59.7 Å². The van der Waals surface area contributed by atoms with Gasteiger partial charge in [0.05, 0.1) is 0 Å². The van der Waals surface area contributed by atoms with Gasteiger partial charge in [-0.25, -0.2) is 0 Å². The average Bonchev–Trinajstić information content (AvgIpc) is 2.49. The van der Waals surface area contributed by atoms with Crippen LogP contribution in [0.4, 0.5) is 5.69 Å². The number of thiocyanates is 1. The van der Waals surface area contributed by atoms with Gasteiger partial charge in [0.1, 0.15) is 5.40 Å².